The average Bonchev–Trinajstić information content (AvgIpc) is 3.49. The minimum Gasteiger partial charge on any atom is -0.478 e. The monoisotopic (exact) mass is 487 g/mol. The zero-order chi connectivity index (χ0) is 25.4. The van der Waals surface area contributed by atoms with Crippen LogP contribution in [0.4, 0.5) is 4.39 Å². The van der Waals surface area contributed by atoms with E-state index in [1.54, 1.807) is 37.3 Å². The fraction of sp³-hybridized carbons (Fsp3) is 0.192. The smallest absolute Gasteiger partial charge is 0.335 e. The van der Waals surface area contributed by atoms with E-state index in [1.165, 1.54) is 28.9 Å². The summed E-state index contributed by atoms with van der Waals surface area (Å²) in [4.78, 5) is 41.9. The number of hydrogen-bond donors (Lipinski definition) is 3. The highest BCUT2D eigenvalue weighted by atomic mass is 19.1. The second-order valence-corrected chi connectivity index (χ2v) is 8.62. The second kappa shape index (κ2) is 9.21. The lowest BCUT2D eigenvalue weighted by Gasteiger charge is -2.16. The van der Waals surface area contributed by atoms with Crippen LogP contribution in [0.25, 0.3) is 5.65 Å². The molecule has 0 fully saturated rings. The van der Waals surface area contributed by atoms with Crippen molar-refractivity contribution in [3.63, 3.8) is 0 Å². The Kier molecular flexibility index (Phi) is 5.93. The van der Waals surface area contributed by atoms with Crippen LogP contribution in [0, 0.1) is 12.7 Å². The van der Waals surface area contributed by atoms with E-state index in [2.05, 4.69) is 20.7 Å². The molecule has 1 aliphatic carbocycles. The highest BCUT2D eigenvalue weighted by molar-refractivity contribution is 5.98. The van der Waals surface area contributed by atoms with Crippen LogP contribution in [0.2, 0.25) is 0 Å². The van der Waals surface area contributed by atoms with Crippen molar-refractivity contribution in [1.29, 1.82) is 0 Å². The van der Waals surface area contributed by atoms with Gasteiger partial charge in [0.2, 0.25) is 0 Å². The topological polar surface area (TPSA) is 126 Å². The molecular weight excluding hydrogens is 465 g/mol. The molecule has 3 N–H and O–H groups in total. The number of nitrogens with zero attached hydrogens (tertiary/aromatic N) is 3. The molecule has 2 aromatic carbocycles. The van der Waals surface area contributed by atoms with Crippen molar-refractivity contribution in [2.75, 3.05) is 0 Å². The number of carboxylic acid groups (broad SMARTS) is 1. The lowest BCUT2D eigenvalue weighted by atomic mass is 9.98. The number of carboxylic acids is 1. The number of carbonyl (C=O) groups excluding carboxylic acids is 2. The summed E-state index contributed by atoms with van der Waals surface area (Å²) in [5.41, 5.74) is 3.84. The van der Waals surface area contributed by atoms with Crippen LogP contribution in [0.5, 0.6) is 0 Å². The molecule has 0 spiro atoms. The summed E-state index contributed by atoms with van der Waals surface area (Å²) < 4.78 is 14.8. The van der Waals surface area contributed by atoms with Crippen LogP contribution in [0.1, 0.15) is 66.1 Å². The molecule has 10 heteroatoms. The van der Waals surface area contributed by atoms with E-state index < -0.39 is 23.6 Å². The van der Waals surface area contributed by atoms with Crippen molar-refractivity contribution in [3.8, 4) is 0 Å². The van der Waals surface area contributed by atoms with Gasteiger partial charge in [-0.05, 0) is 60.2 Å². The first-order chi connectivity index (χ1) is 17.3. The Morgan fingerprint density at radius 1 is 1.14 bits per heavy atom. The standard InChI is InChI=1S/C26H22FN5O4/c1-14-17-7-8-20(19(17)6-5-18(14)26(35)36)31-25(34)22-12-21(30-23-9-10-29-32(22)23)24(33)28-13-15-3-2-4-16(27)11-15/h2-6,9-12,20H,7-8,13H2,1H3,(H,28,33)(H,31,34)(H,35,36)/t20-/m1/s1. The maximum atomic E-state index is 13.4. The minimum absolute atomic E-state index is 0.0262. The van der Waals surface area contributed by atoms with Gasteiger partial charge in [0.25, 0.3) is 11.8 Å². The number of nitrogens with one attached hydrogen (secondary N) is 2. The van der Waals surface area contributed by atoms with Crippen molar-refractivity contribution in [1.82, 2.24) is 25.2 Å². The highest BCUT2D eigenvalue weighted by Gasteiger charge is 2.28. The quantitative estimate of drug-likeness (QED) is 0.384. The molecule has 1 atom stereocenters. The van der Waals surface area contributed by atoms with E-state index in [1.807, 2.05) is 0 Å². The van der Waals surface area contributed by atoms with Gasteiger partial charge in [0.1, 0.15) is 17.2 Å². The first kappa shape index (κ1) is 23.2. The van der Waals surface area contributed by atoms with Gasteiger partial charge in [-0.1, -0.05) is 18.2 Å². The van der Waals surface area contributed by atoms with E-state index in [4.69, 9.17) is 0 Å². The van der Waals surface area contributed by atoms with Gasteiger partial charge in [0.05, 0.1) is 17.8 Å². The summed E-state index contributed by atoms with van der Waals surface area (Å²) in [7, 11) is 0. The molecule has 5 rings (SSSR count). The maximum absolute atomic E-state index is 13.4. The van der Waals surface area contributed by atoms with Crippen molar-refractivity contribution < 1.29 is 23.9 Å². The summed E-state index contributed by atoms with van der Waals surface area (Å²) in [6.45, 7) is 1.87. The summed E-state index contributed by atoms with van der Waals surface area (Å²) in [6.07, 6.45) is 2.75. The van der Waals surface area contributed by atoms with Gasteiger partial charge in [-0.3, -0.25) is 9.59 Å². The van der Waals surface area contributed by atoms with E-state index in [9.17, 15) is 23.9 Å². The summed E-state index contributed by atoms with van der Waals surface area (Å²) >= 11 is 0. The molecule has 1 aliphatic rings. The van der Waals surface area contributed by atoms with Crippen molar-refractivity contribution in [2.45, 2.75) is 32.4 Å². The Morgan fingerprint density at radius 3 is 2.75 bits per heavy atom. The minimum atomic E-state index is -0.983. The highest BCUT2D eigenvalue weighted by Crippen LogP contribution is 2.34. The molecule has 2 amide bonds. The Morgan fingerprint density at radius 2 is 1.97 bits per heavy atom. The van der Waals surface area contributed by atoms with E-state index >= 15 is 0 Å². The van der Waals surface area contributed by atoms with Gasteiger partial charge in [0.15, 0.2) is 5.65 Å². The fourth-order valence-electron chi connectivity index (χ4n) is 4.60. The number of hydrogen-bond acceptors (Lipinski definition) is 5. The number of aromatic carboxylic acids is 1. The number of rotatable bonds is 6. The second-order valence-electron chi connectivity index (χ2n) is 8.62. The molecular formula is C26H22FN5O4. The maximum Gasteiger partial charge on any atom is 0.335 e. The molecule has 0 saturated carbocycles. The molecule has 0 radical (unpaired) electrons. The molecule has 0 unspecified atom stereocenters. The van der Waals surface area contributed by atoms with Crippen LogP contribution in [0.3, 0.4) is 0 Å². The average molecular weight is 487 g/mol. The largest absolute Gasteiger partial charge is 0.478 e. The van der Waals surface area contributed by atoms with Gasteiger partial charge >= 0.3 is 5.97 Å². The molecule has 2 heterocycles. The molecule has 4 aromatic rings. The van der Waals surface area contributed by atoms with Crippen LogP contribution in [0.15, 0.2) is 54.7 Å². The molecule has 36 heavy (non-hydrogen) atoms. The Bertz CT molecular complexity index is 1530. The Labute approximate surface area is 205 Å². The first-order valence-electron chi connectivity index (χ1n) is 11.4. The molecule has 2 aromatic heterocycles. The third kappa shape index (κ3) is 4.28. The van der Waals surface area contributed by atoms with Crippen LogP contribution < -0.4 is 10.6 Å². The number of aromatic nitrogens is 3. The molecule has 0 saturated heterocycles. The van der Waals surface area contributed by atoms with Crippen LogP contribution in [-0.2, 0) is 13.0 Å². The lowest BCUT2D eigenvalue weighted by Crippen LogP contribution is -2.30. The third-order valence-electron chi connectivity index (χ3n) is 6.40. The molecule has 0 bridgehead atoms. The van der Waals surface area contributed by atoms with Gasteiger partial charge in [-0.15, -0.1) is 0 Å². The Hall–Kier alpha value is -4.60. The SMILES string of the molecule is Cc1c(C(=O)O)ccc2c1CC[C@H]2NC(=O)c1cc(C(=O)NCc2cccc(F)c2)nc2ccnn12. The van der Waals surface area contributed by atoms with E-state index in [-0.39, 0.29) is 29.5 Å². The lowest BCUT2D eigenvalue weighted by molar-refractivity contribution is 0.0695. The summed E-state index contributed by atoms with van der Waals surface area (Å²) in [5, 5.41) is 19.2. The predicted molar refractivity (Wildman–Crippen MR) is 127 cm³/mol. The van der Waals surface area contributed by atoms with E-state index in [0.717, 1.165) is 11.1 Å². The van der Waals surface area contributed by atoms with Gasteiger partial charge in [0, 0.05) is 18.7 Å². The van der Waals surface area contributed by atoms with Gasteiger partial charge in [-0.25, -0.2) is 18.7 Å². The predicted octanol–water partition coefficient (Wildman–Crippen LogP) is 3.22. The summed E-state index contributed by atoms with van der Waals surface area (Å²) in [6, 6.07) is 11.8. The number of halogens is 1. The normalized spacial score (nSPS) is 14.4. The van der Waals surface area contributed by atoms with Crippen LogP contribution in [-0.4, -0.2) is 37.5 Å². The van der Waals surface area contributed by atoms with Crippen molar-refractivity contribution >= 4 is 23.4 Å². The number of fused-ring (bicyclic) bond motifs is 2. The summed E-state index contributed by atoms with van der Waals surface area (Å²) in [5.74, 6) is -2.34. The van der Waals surface area contributed by atoms with Crippen molar-refractivity contribution in [2.24, 2.45) is 0 Å². The zero-order valence-corrected chi connectivity index (χ0v) is 19.3. The fourth-order valence-corrected chi connectivity index (χ4v) is 4.60. The number of amides is 2. The number of benzene rings is 2. The van der Waals surface area contributed by atoms with E-state index in [0.29, 0.717) is 29.6 Å². The third-order valence-corrected chi connectivity index (χ3v) is 6.40. The van der Waals surface area contributed by atoms with Gasteiger partial charge < -0.3 is 15.7 Å². The first-order valence-corrected chi connectivity index (χ1v) is 11.4. The molecule has 182 valence electrons. The van der Waals surface area contributed by atoms with Gasteiger partial charge in [-0.2, -0.15) is 5.10 Å². The van der Waals surface area contributed by atoms with Crippen molar-refractivity contribution in [3.05, 3.63) is 99.8 Å². The van der Waals surface area contributed by atoms with Crippen LogP contribution >= 0.6 is 0 Å². The Balaban J connectivity index is 1.38. The molecule has 9 nitrogen and oxygen atoms in total. The number of carbonyl (C=O) groups is 3. The zero-order valence-electron chi connectivity index (χ0n) is 19.3. The molecule has 0 aliphatic heterocycles.